The number of nitrogen functional groups attached to an aromatic ring is 1. The van der Waals surface area contributed by atoms with E-state index in [9.17, 15) is 4.79 Å². The average molecular weight is 327 g/mol. The minimum atomic E-state index is -0.257. The summed E-state index contributed by atoms with van der Waals surface area (Å²) >= 11 is 0. The van der Waals surface area contributed by atoms with E-state index >= 15 is 0 Å². The minimum Gasteiger partial charge on any atom is -0.474 e. The van der Waals surface area contributed by atoms with Gasteiger partial charge in [0, 0.05) is 16.9 Å². The number of hydrogen-bond donors (Lipinski definition) is 3. The Morgan fingerprint density at radius 2 is 1.88 bits per heavy atom. The number of anilines is 2. The van der Waals surface area contributed by atoms with Crippen LogP contribution < -0.4 is 21.5 Å². The number of carbonyl (C=O) groups excluding carboxylic acids is 1. The van der Waals surface area contributed by atoms with E-state index in [0.717, 1.165) is 0 Å². The molecule has 1 aromatic carbocycles. The van der Waals surface area contributed by atoms with Crippen molar-refractivity contribution >= 4 is 17.3 Å². The van der Waals surface area contributed by atoms with Crippen molar-refractivity contribution in [3.63, 3.8) is 0 Å². The number of hydrogen-bond acceptors (Lipinski definition) is 7. The molecule has 1 heterocycles. The topological polar surface area (TPSA) is 116 Å². The lowest BCUT2D eigenvalue weighted by atomic mass is 10.1. The third-order valence-electron chi connectivity index (χ3n) is 3.02. The van der Waals surface area contributed by atoms with Gasteiger partial charge in [0.2, 0.25) is 11.7 Å². The molecule has 0 aliphatic rings. The van der Waals surface area contributed by atoms with E-state index in [2.05, 4.69) is 15.3 Å². The molecule has 5 N–H and O–H groups in total. The van der Waals surface area contributed by atoms with Gasteiger partial charge in [0.15, 0.2) is 5.82 Å². The Labute approximate surface area is 140 Å². The molecule has 1 aromatic heterocycles. The van der Waals surface area contributed by atoms with Crippen molar-refractivity contribution in [2.75, 3.05) is 11.1 Å². The van der Waals surface area contributed by atoms with Gasteiger partial charge in [-0.15, -0.1) is 0 Å². The summed E-state index contributed by atoms with van der Waals surface area (Å²) in [6.45, 7) is 5.42. The van der Waals surface area contributed by atoms with Crippen LogP contribution in [-0.2, 0) is 0 Å². The summed E-state index contributed by atoms with van der Waals surface area (Å²) in [5.74, 6) is 0.479. The number of allylic oxidation sites excluding steroid dienone is 2. The quantitative estimate of drug-likeness (QED) is 0.423. The summed E-state index contributed by atoms with van der Waals surface area (Å²) in [6.07, 6.45) is 2.97. The average Bonchev–Trinajstić information content (AvgIpc) is 2.52. The summed E-state index contributed by atoms with van der Waals surface area (Å²) in [5.41, 5.74) is 13.1. The van der Waals surface area contributed by atoms with Crippen LogP contribution >= 0.6 is 0 Å². The second kappa shape index (κ2) is 7.45. The molecule has 7 heteroatoms. The third-order valence-corrected chi connectivity index (χ3v) is 3.02. The number of carbonyl (C=O) groups is 1. The van der Waals surface area contributed by atoms with Crippen molar-refractivity contribution in [2.45, 2.75) is 26.9 Å². The van der Waals surface area contributed by atoms with E-state index in [-0.39, 0.29) is 17.6 Å². The molecule has 0 unspecified atom stereocenters. The highest BCUT2D eigenvalue weighted by atomic mass is 16.5. The van der Waals surface area contributed by atoms with Gasteiger partial charge in [0.05, 0.1) is 18.5 Å². The van der Waals surface area contributed by atoms with E-state index in [0.29, 0.717) is 28.6 Å². The zero-order valence-corrected chi connectivity index (χ0v) is 13.9. The highest BCUT2D eigenvalue weighted by molar-refractivity contribution is 6.10. The Hall–Kier alpha value is -3.09. The first-order valence-corrected chi connectivity index (χ1v) is 7.49. The maximum Gasteiger partial charge on any atom is 0.234 e. The van der Waals surface area contributed by atoms with Gasteiger partial charge in [-0.3, -0.25) is 9.78 Å². The molecule has 0 saturated heterocycles. The molecule has 0 saturated carbocycles. The summed E-state index contributed by atoms with van der Waals surface area (Å²) in [4.78, 5) is 21.0. The normalized spacial score (nSPS) is 11.8. The van der Waals surface area contributed by atoms with Crippen LogP contribution in [0.25, 0.3) is 0 Å². The standard InChI is InChI=1S/C17H21N5O2/c1-10(2)24-15-9-20-8-14(21-15)22-16(11(3)18)17(23)12-4-6-13(19)7-5-12/h4-10H,18-19H2,1-3H3,(H,21,22)/b16-11+. The molecule has 2 aromatic rings. The number of nitrogens with two attached hydrogens (primary N) is 2. The van der Waals surface area contributed by atoms with Gasteiger partial charge in [-0.25, -0.2) is 0 Å². The number of ketones is 1. The van der Waals surface area contributed by atoms with Crippen molar-refractivity contribution in [3.8, 4) is 5.88 Å². The maximum atomic E-state index is 12.6. The molecule has 7 nitrogen and oxygen atoms in total. The van der Waals surface area contributed by atoms with Gasteiger partial charge in [-0.05, 0) is 45.0 Å². The molecule has 0 atom stereocenters. The van der Waals surface area contributed by atoms with Crippen LogP contribution in [0, 0.1) is 0 Å². The number of Topliss-reactive ketones (excluding diaryl/α,β-unsaturated/α-hetero) is 1. The molecular formula is C17H21N5O2. The van der Waals surface area contributed by atoms with Crippen molar-refractivity contribution in [1.82, 2.24) is 9.97 Å². The second-order valence-corrected chi connectivity index (χ2v) is 5.54. The first-order valence-electron chi connectivity index (χ1n) is 7.49. The number of nitrogens with one attached hydrogen (secondary N) is 1. The second-order valence-electron chi connectivity index (χ2n) is 5.54. The predicted molar refractivity (Wildman–Crippen MR) is 93.5 cm³/mol. The van der Waals surface area contributed by atoms with Gasteiger partial charge in [0.25, 0.3) is 0 Å². The lowest BCUT2D eigenvalue weighted by molar-refractivity contribution is 0.103. The van der Waals surface area contributed by atoms with Crippen molar-refractivity contribution in [2.24, 2.45) is 5.73 Å². The number of nitrogens with zero attached hydrogens (tertiary/aromatic N) is 2. The molecule has 24 heavy (non-hydrogen) atoms. The molecule has 0 amide bonds. The van der Waals surface area contributed by atoms with Crippen LogP contribution in [0.4, 0.5) is 11.5 Å². The largest absolute Gasteiger partial charge is 0.474 e. The lowest BCUT2D eigenvalue weighted by Crippen LogP contribution is -2.18. The molecular weight excluding hydrogens is 306 g/mol. The van der Waals surface area contributed by atoms with E-state index in [1.165, 1.54) is 12.4 Å². The Kier molecular flexibility index (Phi) is 5.36. The molecule has 0 aliphatic heterocycles. The van der Waals surface area contributed by atoms with Gasteiger partial charge in [0.1, 0.15) is 5.70 Å². The first kappa shape index (κ1) is 17.3. The monoisotopic (exact) mass is 327 g/mol. The molecule has 2 rings (SSSR count). The third kappa shape index (κ3) is 4.45. The van der Waals surface area contributed by atoms with Gasteiger partial charge in [-0.2, -0.15) is 4.98 Å². The molecule has 0 spiro atoms. The number of aromatic nitrogens is 2. The van der Waals surface area contributed by atoms with Crippen LogP contribution in [0.2, 0.25) is 0 Å². The van der Waals surface area contributed by atoms with Crippen molar-refractivity contribution in [3.05, 3.63) is 53.6 Å². The van der Waals surface area contributed by atoms with Crippen LogP contribution in [0.5, 0.6) is 5.88 Å². The number of rotatable bonds is 6. The smallest absolute Gasteiger partial charge is 0.234 e. The molecule has 0 aliphatic carbocycles. The fourth-order valence-electron chi connectivity index (χ4n) is 1.95. The summed E-state index contributed by atoms with van der Waals surface area (Å²) in [7, 11) is 0. The molecule has 0 radical (unpaired) electrons. The fraction of sp³-hybridized carbons (Fsp3) is 0.235. The van der Waals surface area contributed by atoms with E-state index < -0.39 is 0 Å². The van der Waals surface area contributed by atoms with Gasteiger partial charge in [-0.1, -0.05) is 0 Å². The van der Waals surface area contributed by atoms with Crippen molar-refractivity contribution in [1.29, 1.82) is 0 Å². The summed E-state index contributed by atoms with van der Waals surface area (Å²) in [6, 6.07) is 6.61. The Morgan fingerprint density at radius 3 is 2.46 bits per heavy atom. The van der Waals surface area contributed by atoms with Crippen LogP contribution in [0.1, 0.15) is 31.1 Å². The highest BCUT2D eigenvalue weighted by Gasteiger charge is 2.16. The molecule has 0 bridgehead atoms. The highest BCUT2D eigenvalue weighted by Crippen LogP contribution is 2.17. The van der Waals surface area contributed by atoms with Gasteiger partial charge < -0.3 is 21.5 Å². The predicted octanol–water partition coefficient (Wildman–Crippen LogP) is 2.33. The maximum absolute atomic E-state index is 12.6. The van der Waals surface area contributed by atoms with Crippen LogP contribution in [-0.4, -0.2) is 21.9 Å². The lowest BCUT2D eigenvalue weighted by Gasteiger charge is -2.13. The Balaban J connectivity index is 2.25. The first-order chi connectivity index (χ1) is 11.4. The zero-order chi connectivity index (χ0) is 17.7. The van der Waals surface area contributed by atoms with Crippen molar-refractivity contribution < 1.29 is 9.53 Å². The van der Waals surface area contributed by atoms with E-state index in [4.69, 9.17) is 16.2 Å². The van der Waals surface area contributed by atoms with E-state index in [1.54, 1.807) is 31.2 Å². The van der Waals surface area contributed by atoms with Crippen LogP contribution in [0.15, 0.2) is 48.1 Å². The van der Waals surface area contributed by atoms with Crippen LogP contribution in [0.3, 0.4) is 0 Å². The number of benzene rings is 1. The minimum absolute atomic E-state index is 0.0304. The fourth-order valence-corrected chi connectivity index (χ4v) is 1.95. The van der Waals surface area contributed by atoms with Gasteiger partial charge >= 0.3 is 0 Å². The molecule has 0 fully saturated rings. The SMILES string of the molecule is C/C(N)=C(\Nc1cncc(OC(C)C)n1)C(=O)c1ccc(N)cc1. The Bertz CT molecular complexity index is 750. The van der Waals surface area contributed by atoms with E-state index in [1.807, 2.05) is 13.8 Å². The summed E-state index contributed by atoms with van der Waals surface area (Å²) in [5, 5.41) is 2.93. The Morgan fingerprint density at radius 1 is 1.21 bits per heavy atom. The number of ether oxygens (including phenoxy) is 1. The molecule has 126 valence electrons. The summed E-state index contributed by atoms with van der Waals surface area (Å²) < 4.78 is 5.50. The zero-order valence-electron chi connectivity index (χ0n) is 13.9.